The number of aromatic nitrogens is 1. The second-order valence-electron chi connectivity index (χ2n) is 5.50. The maximum absolute atomic E-state index is 5.80. The van der Waals surface area contributed by atoms with Gasteiger partial charge in [-0.2, -0.15) is 0 Å². The monoisotopic (exact) mass is 263 g/mol. The first kappa shape index (κ1) is 14.4. The number of rotatable bonds is 4. The van der Waals surface area contributed by atoms with Gasteiger partial charge in [0.2, 0.25) is 0 Å². The summed E-state index contributed by atoms with van der Waals surface area (Å²) in [5.74, 6) is 5.80. The molecule has 0 aliphatic carbocycles. The second-order valence-corrected chi connectivity index (χ2v) is 5.50. The number of nitrogens with two attached hydrogens (primary N) is 1. The predicted molar refractivity (Wildman–Crippen MR) is 77.6 cm³/mol. The highest BCUT2D eigenvalue weighted by atomic mass is 15.3. The standard InChI is InChI=1S/C14H25N5/c1-18-8-3-9-19(2)14(11-18)13(17-15)10-12-4-6-16-7-5-12/h4-7,13-14,17H,3,8-11,15H2,1-2H3. The van der Waals surface area contributed by atoms with Gasteiger partial charge in [-0.05, 0) is 57.7 Å². The Hall–Kier alpha value is -1.01. The Balaban J connectivity index is 2.06. The number of nitrogens with one attached hydrogen (secondary N) is 1. The van der Waals surface area contributed by atoms with Gasteiger partial charge in [0.25, 0.3) is 0 Å². The Morgan fingerprint density at radius 2 is 2.11 bits per heavy atom. The molecule has 106 valence electrons. The topological polar surface area (TPSA) is 57.4 Å². The third-order valence-electron chi connectivity index (χ3n) is 4.00. The van der Waals surface area contributed by atoms with Crippen LogP contribution in [0.2, 0.25) is 0 Å². The van der Waals surface area contributed by atoms with Gasteiger partial charge in [0.05, 0.1) is 0 Å². The van der Waals surface area contributed by atoms with E-state index < -0.39 is 0 Å². The minimum absolute atomic E-state index is 0.257. The molecule has 2 atom stereocenters. The number of hydrazine groups is 1. The van der Waals surface area contributed by atoms with Gasteiger partial charge < -0.3 is 9.80 Å². The van der Waals surface area contributed by atoms with Gasteiger partial charge in [-0.15, -0.1) is 0 Å². The molecule has 0 aromatic carbocycles. The zero-order valence-electron chi connectivity index (χ0n) is 11.9. The van der Waals surface area contributed by atoms with Crippen molar-refractivity contribution in [2.75, 3.05) is 33.7 Å². The van der Waals surface area contributed by atoms with Crippen LogP contribution in [0.5, 0.6) is 0 Å². The first-order valence-corrected chi connectivity index (χ1v) is 6.94. The van der Waals surface area contributed by atoms with Crippen molar-refractivity contribution in [3.8, 4) is 0 Å². The van der Waals surface area contributed by atoms with E-state index in [0.29, 0.717) is 6.04 Å². The minimum Gasteiger partial charge on any atom is -0.305 e. The molecule has 2 heterocycles. The molecule has 5 heteroatoms. The maximum atomic E-state index is 5.80. The van der Waals surface area contributed by atoms with Crippen LogP contribution in [0.1, 0.15) is 12.0 Å². The molecular formula is C14H25N5. The van der Waals surface area contributed by atoms with Crippen LogP contribution < -0.4 is 11.3 Å². The van der Waals surface area contributed by atoms with Gasteiger partial charge in [0.1, 0.15) is 0 Å². The molecule has 2 rings (SSSR count). The molecule has 1 fully saturated rings. The van der Waals surface area contributed by atoms with Gasteiger partial charge in [-0.3, -0.25) is 16.3 Å². The summed E-state index contributed by atoms with van der Waals surface area (Å²) < 4.78 is 0. The Morgan fingerprint density at radius 3 is 2.79 bits per heavy atom. The van der Waals surface area contributed by atoms with Crippen molar-refractivity contribution in [3.63, 3.8) is 0 Å². The summed E-state index contributed by atoms with van der Waals surface area (Å²) in [6.45, 7) is 3.34. The molecule has 0 radical (unpaired) electrons. The molecule has 19 heavy (non-hydrogen) atoms. The van der Waals surface area contributed by atoms with E-state index in [9.17, 15) is 0 Å². The van der Waals surface area contributed by atoms with E-state index in [1.807, 2.05) is 12.4 Å². The molecule has 5 nitrogen and oxygen atoms in total. The molecule has 0 bridgehead atoms. The highest BCUT2D eigenvalue weighted by Crippen LogP contribution is 2.13. The third kappa shape index (κ3) is 3.98. The highest BCUT2D eigenvalue weighted by molar-refractivity contribution is 5.12. The average molecular weight is 263 g/mol. The summed E-state index contributed by atoms with van der Waals surface area (Å²) in [5.41, 5.74) is 4.29. The maximum Gasteiger partial charge on any atom is 0.0418 e. The minimum atomic E-state index is 0.257. The van der Waals surface area contributed by atoms with Crippen molar-refractivity contribution in [1.82, 2.24) is 20.2 Å². The SMILES string of the molecule is CN1CCCN(C)C(C(Cc2ccncc2)NN)C1. The molecule has 2 unspecified atom stereocenters. The number of likely N-dealkylation sites (N-methyl/N-ethyl adjacent to an activating group) is 2. The molecule has 1 aliphatic rings. The van der Waals surface area contributed by atoms with Gasteiger partial charge in [0.15, 0.2) is 0 Å². The van der Waals surface area contributed by atoms with Crippen molar-refractivity contribution in [3.05, 3.63) is 30.1 Å². The first-order chi connectivity index (χ1) is 9.20. The van der Waals surface area contributed by atoms with Crippen LogP contribution in [0.15, 0.2) is 24.5 Å². The average Bonchev–Trinajstić information content (AvgIpc) is 2.59. The van der Waals surface area contributed by atoms with Crippen molar-refractivity contribution in [1.29, 1.82) is 0 Å². The van der Waals surface area contributed by atoms with E-state index in [0.717, 1.165) is 26.1 Å². The normalized spacial score (nSPS) is 24.1. The number of nitrogens with zero attached hydrogens (tertiary/aromatic N) is 3. The Bertz CT molecular complexity index is 369. The van der Waals surface area contributed by atoms with Gasteiger partial charge in [0, 0.05) is 31.0 Å². The molecule has 1 aromatic heterocycles. The van der Waals surface area contributed by atoms with Crippen LogP contribution in [0.25, 0.3) is 0 Å². The number of hydrogen-bond acceptors (Lipinski definition) is 5. The zero-order valence-corrected chi connectivity index (χ0v) is 11.9. The third-order valence-corrected chi connectivity index (χ3v) is 4.00. The highest BCUT2D eigenvalue weighted by Gasteiger charge is 2.27. The zero-order chi connectivity index (χ0) is 13.7. The fourth-order valence-electron chi connectivity index (χ4n) is 2.82. The summed E-state index contributed by atoms with van der Waals surface area (Å²) in [6.07, 6.45) is 5.83. The fourth-order valence-corrected chi connectivity index (χ4v) is 2.82. The quantitative estimate of drug-likeness (QED) is 0.596. The van der Waals surface area contributed by atoms with Gasteiger partial charge >= 0.3 is 0 Å². The Morgan fingerprint density at radius 1 is 1.37 bits per heavy atom. The van der Waals surface area contributed by atoms with Crippen LogP contribution in [-0.2, 0) is 6.42 Å². The van der Waals surface area contributed by atoms with Crippen LogP contribution in [0.3, 0.4) is 0 Å². The summed E-state index contributed by atoms with van der Waals surface area (Å²) in [5, 5.41) is 0. The van der Waals surface area contributed by atoms with Crippen molar-refractivity contribution in [2.24, 2.45) is 5.84 Å². The Kier molecular flexibility index (Phi) is 5.27. The lowest BCUT2D eigenvalue weighted by Crippen LogP contribution is -2.55. The summed E-state index contributed by atoms with van der Waals surface area (Å²) in [7, 11) is 4.38. The van der Waals surface area contributed by atoms with E-state index in [2.05, 4.69) is 46.4 Å². The van der Waals surface area contributed by atoms with Crippen LogP contribution in [0, 0.1) is 0 Å². The molecule has 1 aliphatic heterocycles. The largest absolute Gasteiger partial charge is 0.305 e. The van der Waals surface area contributed by atoms with Gasteiger partial charge in [-0.1, -0.05) is 0 Å². The van der Waals surface area contributed by atoms with E-state index in [4.69, 9.17) is 5.84 Å². The molecule has 3 N–H and O–H groups in total. The van der Waals surface area contributed by atoms with Crippen LogP contribution in [-0.4, -0.2) is 60.6 Å². The van der Waals surface area contributed by atoms with Crippen LogP contribution >= 0.6 is 0 Å². The van der Waals surface area contributed by atoms with E-state index in [-0.39, 0.29) is 6.04 Å². The lowest BCUT2D eigenvalue weighted by atomic mass is 9.99. The molecule has 0 spiro atoms. The summed E-state index contributed by atoms with van der Waals surface area (Å²) in [6, 6.07) is 4.81. The summed E-state index contributed by atoms with van der Waals surface area (Å²) >= 11 is 0. The number of hydrogen-bond donors (Lipinski definition) is 2. The second kappa shape index (κ2) is 6.96. The number of pyridine rings is 1. The summed E-state index contributed by atoms with van der Waals surface area (Å²) in [4.78, 5) is 8.88. The van der Waals surface area contributed by atoms with E-state index in [1.54, 1.807) is 0 Å². The van der Waals surface area contributed by atoms with E-state index >= 15 is 0 Å². The molecular weight excluding hydrogens is 238 g/mol. The molecule has 1 aromatic rings. The fraction of sp³-hybridized carbons (Fsp3) is 0.643. The molecule has 1 saturated heterocycles. The lowest BCUT2D eigenvalue weighted by molar-refractivity contribution is 0.177. The lowest BCUT2D eigenvalue weighted by Gasteiger charge is -2.34. The van der Waals surface area contributed by atoms with Crippen molar-refractivity contribution >= 4 is 0 Å². The Labute approximate surface area is 115 Å². The predicted octanol–water partition coefficient (Wildman–Crippen LogP) is 0.0919. The molecule has 0 saturated carbocycles. The van der Waals surface area contributed by atoms with Gasteiger partial charge in [-0.25, -0.2) is 0 Å². The first-order valence-electron chi connectivity index (χ1n) is 6.94. The van der Waals surface area contributed by atoms with Crippen molar-refractivity contribution in [2.45, 2.75) is 24.9 Å². The smallest absolute Gasteiger partial charge is 0.0418 e. The van der Waals surface area contributed by atoms with Crippen molar-refractivity contribution < 1.29 is 0 Å². The van der Waals surface area contributed by atoms with Crippen LogP contribution in [0.4, 0.5) is 0 Å². The van der Waals surface area contributed by atoms with E-state index in [1.165, 1.54) is 12.0 Å². The molecule has 0 amide bonds.